The molecule has 1 aliphatic heterocycles. The highest BCUT2D eigenvalue weighted by atomic mass is 16.5. The van der Waals surface area contributed by atoms with Crippen molar-refractivity contribution in [3.63, 3.8) is 0 Å². The van der Waals surface area contributed by atoms with Crippen LogP contribution in [0.25, 0.3) is 0 Å². The van der Waals surface area contributed by atoms with E-state index < -0.39 is 0 Å². The molecule has 3 nitrogen and oxygen atoms in total. The molecule has 20 heavy (non-hydrogen) atoms. The molecule has 1 saturated carbocycles. The van der Waals surface area contributed by atoms with Gasteiger partial charge in [-0.05, 0) is 25.3 Å². The SMILES string of the molecule is CCCCC(CC)CNCC1(N)C2CCOC2C1(C)C. The van der Waals surface area contributed by atoms with Crippen LogP contribution in [0.4, 0.5) is 0 Å². The molecule has 2 fully saturated rings. The first-order valence-electron chi connectivity index (χ1n) is 8.58. The summed E-state index contributed by atoms with van der Waals surface area (Å²) in [6.45, 7) is 12.1. The third-order valence-electron chi connectivity index (χ3n) is 6.06. The minimum atomic E-state index is -0.0861. The van der Waals surface area contributed by atoms with Crippen molar-refractivity contribution in [1.29, 1.82) is 0 Å². The van der Waals surface area contributed by atoms with Crippen LogP contribution < -0.4 is 11.1 Å². The van der Waals surface area contributed by atoms with E-state index in [4.69, 9.17) is 10.5 Å². The van der Waals surface area contributed by atoms with Crippen LogP contribution in [-0.4, -0.2) is 31.3 Å². The predicted octanol–water partition coefficient (Wildman–Crippen LogP) is 2.93. The standard InChI is InChI=1S/C17H34N2O/c1-5-7-8-13(6-2)11-19-12-17(18)14-9-10-20-15(14)16(17,3)4/h13-15,19H,5-12,18H2,1-4H3. The number of rotatable bonds is 8. The molecular weight excluding hydrogens is 248 g/mol. The molecule has 1 heterocycles. The maximum atomic E-state index is 6.75. The van der Waals surface area contributed by atoms with Gasteiger partial charge in [-0.15, -0.1) is 0 Å². The Morgan fingerprint density at radius 3 is 2.75 bits per heavy atom. The van der Waals surface area contributed by atoms with E-state index in [1.165, 1.54) is 25.7 Å². The summed E-state index contributed by atoms with van der Waals surface area (Å²) in [5.74, 6) is 1.36. The van der Waals surface area contributed by atoms with Crippen molar-refractivity contribution in [2.75, 3.05) is 19.7 Å². The van der Waals surface area contributed by atoms with Gasteiger partial charge in [-0.3, -0.25) is 0 Å². The molecule has 0 bridgehead atoms. The first-order chi connectivity index (χ1) is 9.47. The lowest BCUT2D eigenvalue weighted by atomic mass is 9.48. The van der Waals surface area contributed by atoms with Crippen LogP contribution in [0.3, 0.4) is 0 Å². The molecule has 4 unspecified atom stereocenters. The number of hydrogen-bond donors (Lipinski definition) is 2. The average Bonchev–Trinajstić information content (AvgIpc) is 2.90. The number of nitrogens with one attached hydrogen (secondary N) is 1. The van der Waals surface area contributed by atoms with E-state index in [2.05, 4.69) is 33.0 Å². The molecule has 3 N–H and O–H groups in total. The van der Waals surface area contributed by atoms with Crippen LogP contribution in [0.5, 0.6) is 0 Å². The van der Waals surface area contributed by atoms with Crippen molar-refractivity contribution in [3.8, 4) is 0 Å². The Bertz CT molecular complexity index is 318. The first kappa shape index (κ1) is 16.3. The lowest BCUT2D eigenvalue weighted by molar-refractivity contribution is -0.153. The molecule has 0 amide bonds. The summed E-state index contributed by atoms with van der Waals surface area (Å²) in [6.07, 6.45) is 6.78. The van der Waals surface area contributed by atoms with Gasteiger partial charge in [-0.25, -0.2) is 0 Å². The summed E-state index contributed by atoms with van der Waals surface area (Å²) in [7, 11) is 0. The third kappa shape index (κ3) is 2.65. The number of fused-ring (bicyclic) bond motifs is 1. The second-order valence-electron chi connectivity index (χ2n) is 7.50. The van der Waals surface area contributed by atoms with Crippen LogP contribution in [0, 0.1) is 17.3 Å². The molecule has 0 aromatic rings. The third-order valence-corrected chi connectivity index (χ3v) is 6.06. The molecule has 1 aliphatic carbocycles. The zero-order chi connectivity index (χ0) is 14.8. The fraction of sp³-hybridized carbons (Fsp3) is 1.00. The van der Waals surface area contributed by atoms with Gasteiger partial charge in [0.25, 0.3) is 0 Å². The Morgan fingerprint density at radius 2 is 2.10 bits per heavy atom. The summed E-state index contributed by atoms with van der Waals surface area (Å²) in [5.41, 5.74) is 6.77. The van der Waals surface area contributed by atoms with Crippen LogP contribution in [-0.2, 0) is 4.74 Å². The van der Waals surface area contributed by atoms with Gasteiger partial charge in [0.05, 0.1) is 6.10 Å². The van der Waals surface area contributed by atoms with Gasteiger partial charge in [0.15, 0.2) is 0 Å². The summed E-state index contributed by atoms with van der Waals surface area (Å²) in [4.78, 5) is 0. The van der Waals surface area contributed by atoms with Crippen molar-refractivity contribution < 1.29 is 4.74 Å². The van der Waals surface area contributed by atoms with E-state index in [9.17, 15) is 0 Å². The van der Waals surface area contributed by atoms with E-state index in [1.54, 1.807) is 0 Å². The Labute approximate surface area is 125 Å². The van der Waals surface area contributed by atoms with E-state index >= 15 is 0 Å². The first-order valence-corrected chi connectivity index (χ1v) is 8.58. The zero-order valence-electron chi connectivity index (χ0n) is 13.9. The maximum Gasteiger partial charge on any atom is 0.0691 e. The van der Waals surface area contributed by atoms with Gasteiger partial charge >= 0.3 is 0 Å². The minimum absolute atomic E-state index is 0.0861. The molecule has 2 aliphatic rings. The van der Waals surface area contributed by atoms with Crippen LogP contribution in [0.2, 0.25) is 0 Å². The van der Waals surface area contributed by atoms with Crippen LogP contribution in [0.15, 0.2) is 0 Å². The Balaban J connectivity index is 1.81. The quantitative estimate of drug-likeness (QED) is 0.719. The topological polar surface area (TPSA) is 47.3 Å². The molecular formula is C17H34N2O. The second-order valence-corrected chi connectivity index (χ2v) is 7.50. The van der Waals surface area contributed by atoms with Crippen LogP contribution in [0.1, 0.15) is 59.8 Å². The Kier molecular flexibility index (Phi) is 5.14. The van der Waals surface area contributed by atoms with Crippen molar-refractivity contribution >= 4 is 0 Å². The molecule has 0 radical (unpaired) electrons. The lowest BCUT2D eigenvalue weighted by Crippen LogP contribution is -2.78. The predicted molar refractivity (Wildman–Crippen MR) is 84.7 cm³/mol. The van der Waals surface area contributed by atoms with E-state index in [-0.39, 0.29) is 11.0 Å². The molecule has 0 aromatic heterocycles. The van der Waals surface area contributed by atoms with E-state index in [0.29, 0.717) is 12.0 Å². The Morgan fingerprint density at radius 1 is 1.35 bits per heavy atom. The van der Waals surface area contributed by atoms with Gasteiger partial charge in [-0.2, -0.15) is 0 Å². The second kappa shape index (κ2) is 6.33. The van der Waals surface area contributed by atoms with Crippen molar-refractivity contribution in [2.24, 2.45) is 23.0 Å². The van der Waals surface area contributed by atoms with Gasteiger partial charge in [0.2, 0.25) is 0 Å². The molecule has 0 aromatic carbocycles. The van der Waals surface area contributed by atoms with Crippen molar-refractivity contribution in [3.05, 3.63) is 0 Å². The summed E-state index contributed by atoms with van der Waals surface area (Å²) < 4.78 is 5.86. The molecule has 2 rings (SSSR count). The highest BCUT2D eigenvalue weighted by Gasteiger charge is 2.67. The van der Waals surface area contributed by atoms with Gasteiger partial charge < -0.3 is 15.8 Å². The number of unbranched alkanes of at least 4 members (excludes halogenated alkanes) is 1. The summed E-state index contributed by atoms with van der Waals surface area (Å²) >= 11 is 0. The normalized spacial score (nSPS) is 36.5. The van der Waals surface area contributed by atoms with Crippen molar-refractivity contribution in [1.82, 2.24) is 5.32 Å². The van der Waals surface area contributed by atoms with Gasteiger partial charge in [0.1, 0.15) is 0 Å². The largest absolute Gasteiger partial charge is 0.377 e. The molecule has 0 spiro atoms. The monoisotopic (exact) mass is 282 g/mol. The molecule has 118 valence electrons. The van der Waals surface area contributed by atoms with E-state index in [0.717, 1.165) is 32.0 Å². The molecule has 4 atom stereocenters. The number of ether oxygens (including phenoxy) is 1. The van der Waals surface area contributed by atoms with Gasteiger partial charge in [0, 0.05) is 30.0 Å². The fourth-order valence-corrected chi connectivity index (χ4v) is 4.26. The Hall–Kier alpha value is -0.120. The lowest BCUT2D eigenvalue weighted by Gasteiger charge is -2.62. The van der Waals surface area contributed by atoms with Crippen molar-refractivity contribution in [2.45, 2.75) is 71.4 Å². The minimum Gasteiger partial charge on any atom is -0.377 e. The summed E-state index contributed by atoms with van der Waals surface area (Å²) in [6, 6.07) is 0. The molecule has 1 saturated heterocycles. The number of nitrogens with two attached hydrogens (primary N) is 1. The average molecular weight is 282 g/mol. The molecule has 3 heteroatoms. The smallest absolute Gasteiger partial charge is 0.0691 e. The van der Waals surface area contributed by atoms with Gasteiger partial charge in [-0.1, -0.05) is 47.0 Å². The highest BCUT2D eigenvalue weighted by molar-refractivity contribution is 5.21. The number of hydrogen-bond acceptors (Lipinski definition) is 3. The highest BCUT2D eigenvalue weighted by Crippen LogP contribution is 2.57. The maximum absolute atomic E-state index is 6.75. The zero-order valence-corrected chi connectivity index (χ0v) is 13.9. The summed E-state index contributed by atoms with van der Waals surface area (Å²) in [5, 5.41) is 3.68. The fourth-order valence-electron chi connectivity index (χ4n) is 4.26. The van der Waals surface area contributed by atoms with E-state index in [1.807, 2.05) is 0 Å². The van der Waals surface area contributed by atoms with Crippen LogP contribution >= 0.6 is 0 Å².